The van der Waals surface area contributed by atoms with Gasteiger partial charge in [-0.1, -0.05) is 5.16 Å². The molecule has 0 bridgehead atoms. The Kier molecular flexibility index (Phi) is 4.36. The topological polar surface area (TPSA) is 93.1 Å². The third kappa shape index (κ3) is 3.16. The number of hydrogen-bond acceptors (Lipinski definition) is 6. The van der Waals surface area contributed by atoms with Gasteiger partial charge in [0.1, 0.15) is 5.71 Å². The van der Waals surface area contributed by atoms with Gasteiger partial charge < -0.3 is 19.8 Å². The van der Waals surface area contributed by atoms with E-state index in [0.29, 0.717) is 50.5 Å². The average Bonchev–Trinajstić information content (AvgIpc) is 3.38. The van der Waals surface area contributed by atoms with Gasteiger partial charge >= 0.3 is 0 Å². The smallest absolute Gasteiger partial charge is 0.273 e. The Labute approximate surface area is 151 Å². The van der Waals surface area contributed by atoms with E-state index in [1.54, 1.807) is 18.3 Å². The highest BCUT2D eigenvalue weighted by Crippen LogP contribution is 2.35. The van der Waals surface area contributed by atoms with Crippen molar-refractivity contribution in [3.05, 3.63) is 24.0 Å². The lowest BCUT2D eigenvalue weighted by molar-refractivity contribution is -0.135. The molecular formula is C18H22N4O4. The zero-order valence-corrected chi connectivity index (χ0v) is 14.7. The molecule has 3 aliphatic rings. The number of aromatic nitrogens is 1. The van der Waals surface area contributed by atoms with Crippen LogP contribution in [0.3, 0.4) is 0 Å². The van der Waals surface area contributed by atoms with E-state index in [1.165, 1.54) is 0 Å². The monoisotopic (exact) mass is 358 g/mol. The molecule has 0 radical (unpaired) electrons. The number of carbonyl (C=O) groups is 2. The summed E-state index contributed by atoms with van der Waals surface area (Å²) >= 11 is 0. The first-order valence-corrected chi connectivity index (χ1v) is 8.91. The lowest BCUT2D eigenvalue weighted by Gasteiger charge is -2.23. The molecule has 8 heteroatoms. The van der Waals surface area contributed by atoms with Crippen LogP contribution in [0, 0.1) is 12.8 Å². The summed E-state index contributed by atoms with van der Waals surface area (Å²) in [5, 5.41) is 6.84. The maximum atomic E-state index is 12.5. The number of pyridine rings is 1. The van der Waals surface area contributed by atoms with Crippen LogP contribution in [0.5, 0.6) is 0 Å². The normalized spacial score (nSPS) is 27.5. The first-order valence-electron chi connectivity index (χ1n) is 8.91. The number of likely N-dealkylation sites (tertiary alicyclic amines) is 1. The Bertz CT molecular complexity index is 759. The molecule has 2 atom stereocenters. The fraction of sp³-hybridized carbons (Fsp3) is 0.556. The summed E-state index contributed by atoms with van der Waals surface area (Å²) in [6.45, 7) is 4.07. The van der Waals surface area contributed by atoms with Crippen LogP contribution in [0.4, 0.5) is 5.69 Å². The SMILES string of the molecule is Cc1ncccc1NC(=O)C1=NOC2(CCN(C(=O)C3CCOC3)C2)C1. The van der Waals surface area contributed by atoms with Gasteiger partial charge in [-0.3, -0.25) is 14.6 Å². The molecule has 0 aromatic carbocycles. The molecule has 1 N–H and O–H groups in total. The van der Waals surface area contributed by atoms with Crippen LogP contribution in [0.15, 0.2) is 23.5 Å². The van der Waals surface area contributed by atoms with E-state index in [9.17, 15) is 9.59 Å². The van der Waals surface area contributed by atoms with Crippen molar-refractivity contribution in [2.45, 2.75) is 31.8 Å². The number of ether oxygens (including phenoxy) is 1. The van der Waals surface area contributed by atoms with Crippen LogP contribution in [0.2, 0.25) is 0 Å². The van der Waals surface area contributed by atoms with Crippen molar-refractivity contribution in [1.82, 2.24) is 9.88 Å². The van der Waals surface area contributed by atoms with Crippen LogP contribution in [0.25, 0.3) is 0 Å². The zero-order chi connectivity index (χ0) is 18.1. The van der Waals surface area contributed by atoms with E-state index in [-0.39, 0.29) is 17.7 Å². The second-order valence-electron chi connectivity index (χ2n) is 7.15. The van der Waals surface area contributed by atoms with E-state index in [1.807, 2.05) is 11.8 Å². The molecule has 138 valence electrons. The molecule has 1 aromatic heterocycles. The molecule has 0 aliphatic carbocycles. The molecule has 2 amide bonds. The number of nitrogens with zero attached hydrogens (tertiary/aromatic N) is 3. The van der Waals surface area contributed by atoms with Crippen LogP contribution in [-0.2, 0) is 19.2 Å². The molecule has 8 nitrogen and oxygen atoms in total. The van der Waals surface area contributed by atoms with E-state index < -0.39 is 5.60 Å². The quantitative estimate of drug-likeness (QED) is 0.874. The first-order chi connectivity index (χ1) is 12.6. The summed E-state index contributed by atoms with van der Waals surface area (Å²) in [6.07, 6.45) is 3.54. The van der Waals surface area contributed by atoms with Gasteiger partial charge in [0.2, 0.25) is 5.91 Å². The third-order valence-electron chi connectivity index (χ3n) is 5.26. The van der Waals surface area contributed by atoms with Gasteiger partial charge in [-0.2, -0.15) is 0 Å². The minimum atomic E-state index is -0.578. The van der Waals surface area contributed by atoms with E-state index in [4.69, 9.17) is 9.57 Å². The number of oxime groups is 1. The largest absolute Gasteiger partial charge is 0.386 e. The van der Waals surface area contributed by atoms with Gasteiger partial charge in [0.15, 0.2) is 5.60 Å². The maximum Gasteiger partial charge on any atom is 0.273 e. The molecule has 3 aliphatic heterocycles. The van der Waals surface area contributed by atoms with E-state index in [0.717, 1.165) is 12.1 Å². The van der Waals surface area contributed by atoms with Crippen molar-refractivity contribution in [1.29, 1.82) is 0 Å². The Morgan fingerprint density at radius 2 is 2.31 bits per heavy atom. The standard InChI is InChI=1S/C18H22N4O4/c1-12-14(3-2-6-19-12)20-16(23)15-9-18(26-21-15)5-7-22(11-18)17(24)13-4-8-25-10-13/h2-3,6,13H,4-5,7-11H2,1H3,(H,20,23). The van der Waals surface area contributed by atoms with Crippen molar-refractivity contribution in [2.24, 2.45) is 11.1 Å². The number of nitrogens with one attached hydrogen (secondary N) is 1. The van der Waals surface area contributed by atoms with Crippen LogP contribution in [0.1, 0.15) is 25.0 Å². The fourth-order valence-corrected chi connectivity index (χ4v) is 3.69. The lowest BCUT2D eigenvalue weighted by Crippen LogP contribution is -2.40. The minimum Gasteiger partial charge on any atom is -0.386 e. The van der Waals surface area contributed by atoms with E-state index >= 15 is 0 Å². The van der Waals surface area contributed by atoms with Crippen LogP contribution in [-0.4, -0.2) is 59.3 Å². The van der Waals surface area contributed by atoms with Crippen molar-refractivity contribution in [2.75, 3.05) is 31.6 Å². The summed E-state index contributed by atoms with van der Waals surface area (Å²) in [6, 6.07) is 3.57. The number of carbonyl (C=O) groups excluding carboxylic acids is 2. The lowest BCUT2D eigenvalue weighted by atomic mass is 9.96. The second-order valence-corrected chi connectivity index (χ2v) is 7.15. The number of anilines is 1. The minimum absolute atomic E-state index is 0.0520. The van der Waals surface area contributed by atoms with Gasteiger partial charge in [-0.05, 0) is 25.5 Å². The summed E-state index contributed by atoms with van der Waals surface area (Å²) in [5.74, 6) is -0.220. The maximum absolute atomic E-state index is 12.5. The van der Waals surface area contributed by atoms with Crippen molar-refractivity contribution < 1.29 is 19.2 Å². The highest BCUT2D eigenvalue weighted by molar-refractivity contribution is 6.43. The second kappa shape index (κ2) is 6.68. The number of rotatable bonds is 3. The van der Waals surface area contributed by atoms with Crippen molar-refractivity contribution >= 4 is 23.2 Å². The fourth-order valence-electron chi connectivity index (χ4n) is 3.69. The molecule has 4 heterocycles. The Hall–Kier alpha value is -2.48. The molecular weight excluding hydrogens is 336 g/mol. The van der Waals surface area contributed by atoms with Gasteiger partial charge in [0, 0.05) is 32.2 Å². The summed E-state index contributed by atoms with van der Waals surface area (Å²) in [7, 11) is 0. The number of hydrogen-bond donors (Lipinski definition) is 1. The molecule has 4 rings (SSSR count). The van der Waals surface area contributed by atoms with Crippen LogP contribution < -0.4 is 5.32 Å². The Morgan fingerprint density at radius 3 is 3.08 bits per heavy atom. The van der Waals surface area contributed by atoms with Crippen molar-refractivity contribution in [3.8, 4) is 0 Å². The van der Waals surface area contributed by atoms with Gasteiger partial charge in [0.25, 0.3) is 5.91 Å². The van der Waals surface area contributed by atoms with Crippen LogP contribution >= 0.6 is 0 Å². The van der Waals surface area contributed by atoms with E-state index in [2.05, 4.69) is 15.5 Å². The predicted octanol–water partition coefficient (Wildman–Crippen LogP) is 1.11. The summed E-state index contributed by atoms with van der Waals surface area (Å²) in [5.41, 5.74) is 1.18. The highest BCUT2D eigenvalue weighted by Gasteiger charge is 2.48. The first kappa shape index (κ1) is 17.0. The molecule has 26 heavy (non-hydrogen) atoms. The summed E-state index contributed by atoms with van der Waals surface area (Å²) in [4.78, 5) is 36.6. The highest BCUT2D eigenvalue weighted by atomic mass is 16.7. The predicted molar refractivity (Wildman–Crippen MR) is 93.6 cm³/mol. The average molecular weight is 358 g/mol. The molecule has 0 saturated carbocycles. The van der Waals surface area contributed by atoms with Gasteiger partial charge in [-0.15, -0.1) is 0 Å². The third-order valence-corrected chi connectivity index (χ3v) is 5.26. The van der Waals surface area contributed by atoms with Gasteiger partial charge in [0.05, 0.1) is 30.5 Å². The van der Waals surface area contributed by atoms with Crippen molar-refractivity contribution in [3.63, 3.8) is 0 Å². The molecule has 1 aromatic rings. The Balaban J connectivity index is 1.36. The Morgan fingerprint density at radius 1 is 1.42 bits per heavy atom. The summed E-state index contributed by atoms with van der Waals surface area (Å²) < 4.78 is 5.31. The number of aryl methyl sites for hydroxylation is 1. The molecule has 1 spiro atoms. The molecule has 2 saturated heterocycles. The number of amides is 2. The zero-order valence-electron chi connectivity index (χ0n) is 14.7. The molecule has 2 fully saturated rings. The van der Waals surface area contributed by atoms with Gasteiger partial charge in [-0.25, -0.2) is 0 Å². The molecule has 2 unspecified atom stereocenters.